The van der Waals surface area contributed by atoms with Gasteiger partial charge in [0.15, 0.2) is 0 Å². The Kier molecular flexibility index (Phi) is 7.11. The molecule has 13 heavy (non-hydrogen) atoms. The molecule has 1 radical (unpaired) electrons. The zero-order valence-corrected chi connectivity index (χ0v) is 10.5. The molecule has 0 fully saturated rings. The van der Waals surface area contributed by atoms with Gasteiger partial charge in [0.1, 0.15) is 0 Å². The van der Waals surface area contributed by atoms with Gasteiger partial charge in [0, 0.05) is 46.2 Å². The SMILES string of the molecule is CC(=O)NCCc1[c-]cccc1.[Y]. The van der Waals surface area contributed by atoms with Crippen LogP contribution in [0.5, 0.6) is 0 Å². The van der Waals surface area contributed by atoms with Crippen molar-refractivity contribution >= 4 is 5.91 Å². The Balaban J connectivity index is 0.00000144. The third kappa shape index (κ3) is 5.95. The first-order chi connectivity index (χ1) is 5.79. The van der Waals surface area contributed by atoms with E-state index in [4.69, 9.17) is 0 Å². The molecular formula is C10H12NOY-. The zero-order chi connectivity index (χ0) is 8.81. The Hall–Kier alpha value is -0.206. The van der Waals surface area contributed by atoms with Gasteiger partial charge in [-0.15, -0.1) is 0 Å². The van der Waals surface area contributed by atoms with E-state index < -0.39 is 0 Å². The Labute approximate surface area is 104 Å². The maximum absolute atomic E-state index is 10.5. The topological polar surface area (TPSA) is 29.1 Å². The van der Waals surface area contributed by atoms with Gasteiger partial charge < -0.3 is 5.32 Å². The van der Waals surface area contributed by atoms with Crippen LogP contribution in [-0.2, 0) is 43.9 Å². The molecule has 2 nitrogen and oxygen atoms in total. The number of carbonyl (C=O) groups excluding carboxylic acids is 1. The Morgan fingerprint density at radius 3 is 2.85 bits per heavy atom. The van der Waals surface area contributed by atoms with Crippen LogP contribution >= 0.6 is 0 Å². The van der Waals surface area contributed by atoms with Crippen molar-refractivity contribution in [3.05, 3.63) is 35.9 Å². The monoisotopic (exact) mass is 251 g/mol. The number of hydrogen-bond donors (Lipinski definition) is 1. The van der Waals surface area contributed by atoms with Crippen LogP contribution in [0.25, 0.3) is 0 Å². The maximum Gasteiger partial charge on any atom is 0.216 e. The molecule has 1 aromatic rings. The van der Waals surface area contributed by atoms with E-state index in [1.807, 2.05) is 24.3 Å². The molecular weight excluding hydrogens is 239 g/mol. The van der Waals surface area contributed by atoms with Crippen LogP contribution in [0.4, 0.5) is 0 Å². The summed E-state index contributed by atoms with van der Waals surface area (Å²) in [5.41, 5.74) is 1.13. The van der Waals surface area contributed by atoms with Gasteiger partial charge in [0.05, 0.1) is 0 Å². The molecule has 0 aliphatic carbocycles. The van der Waals surface area contributed by atoms with Crippen LogP contribution < -0.4 is 5.32 Å². The fourth-order valence-corrected chi connectivity index (χ4v) is 0.959. The van der Waals surface area contributed by atoms with E-state index in [9.17, 15) is 4.79 Å². The number of benzene rings is 1. The third-order valence-electron chi connectivity index (χ3n) is 1.54. The zero-order valence-electron chi connectivity index (χ0n) is 7.71. The molecule has 1 aromatic carbocycles. The van der Waals surface area contributed by atoms with E-state index in [0.29, 0.717) is 6.54 Å². The average Bonchev–Trinajstić information content (AvgIpc) is 2.05. The van der Waals surface area contributed by atoms with E-state index in [2.05, 4.69) is 11.4 Å². The second-order valence-electron chi connectivity index (χ2n) is 2.62. The molecule has 1 rings (SSSR count). The first-order valence-electron chi connectivity index (χ1n) is 3.99. The minimum absolute atomic E-state index is 0. The summed E-state index contributed by atoms with van der Waals surface area (Å²) in [4.78, 5) is 10.5. The number of nitrogens with one attached hydrogen (secondary N) is 1. The molecule has 0 unspecified atom stereocenters. The van der Waals surface area contributed by atoms with E-state index in [1.165, 1.54) is 6.92 Å². The van der Waals surface area contributed by atoms with Crippen molar-refractivity contribution in [3.63, 3.8) is 0 Å². The van der Waals surface area contributed by atoms with Crippen LogP contribution in [0.2, 0.25) is 0 Å². The molecule has 0 saturated carbocycles. The molecule has 67 valence electrons. The van der Waals surface area contributed by atoms with Crippen molar-refractivity contribution in [2.24, 2.45) is 0 Å². The van der Waals surface area contributed by atoms with Crippen LogP contribution in [0.15, 0.2) is 24.3 Å². The summed E-state index contributed by atoms with van der Waals surface area (Å²) in [5, 5.41) is 2.74. The third-order valence-corrected chi connectivity index (χ3v) is 1.54. The second-order valence-corrected chi connectivity index (χ2v) is 2.62. The summed E-state index contributed by atoms with van der Waals surface area (Å²) in [6.45, 7) is 2.21. The quantitative estimate of drug-likeness (QED) is 0.802. The Morgan fingerprint density at radius 1 is 1.54 bits per heavy atom. The van der Waals surface area contributed by atoms with Crippen molar-refractivity contribution in [1.29, 1.82) is 0 Å². The van der Waals surface area contributed by atoms with E-state index in [-0.39, 0.29) is 38.6 Å². The van der Waals surface area contributed by atoms with Crippen molar-refractivity contribution in [2.75, 3.05) is 6.54 Å². The first-order valence-corrected chi connectivity index (χ1v) is 3.99. The molecule has 1 amide bonds. The molecule has 0 spiro atoms. The average molecular weight is 251 g/mol. The minimum atomic E-state index is 0. The summed E-state index contributed by atoms with van der Waals surface area (Å²) in [6.07, 6.45) is 0.848. The van der Waals surface area contributed by atoms with Gasteiger partial charge >= 0.3 is 0 Å². The molecule has 0 aliphatic heterocycles. The van der Waals surface area contributed by atoms with Crippen molar-refractivity contribution < 1.29 is 37.5 Å². The smallest absolute Gasteiger partial charge is 0.216 e. The number of carbonyl (C=O) groups is 1. The standard InChI is InChI=1S/C10H12NO.Y/c1-9(12)11-8-7-10-5-3-2-4-6-10;/h2-5H,7-8H2,1H3,(H,11,12);/q-1;. The van der Waals surface area contributed by atoms with Gasteiger partial charge in [-0.1, -0.05) is 0 Å². The van der Waals surface area contributed by atoms with Gasteiger partial charge in [0.25, 0.3) is 0 Å². The molecule has 0 heterocycles. The van der Waals surface area contributed by atoms with E-state index in [1.54, 1.807) is 0 Å². The van der Waals surface area contributed by atoms with Gasteiger partial charge in [-0.2, -0.15) is 35.9 Å². The van der Waals surface area contributed by atoms with Crippen molar-refractivity contribution in [2.45, 2.75) is 13.3 Å². The molecule has 0 atom stereocenters. The predicted octanol–water partition coefficient (Wildman–Crippen LogP) is 1.16. The molecule has 0 bridgehead atoms. The number of hydrogen-bond acceptors (Lipinski definition) is 1. The summed E-state index contributed by atoms with van der Waals surface area (Å²) in [6, 6.07) is 10.9. The largest absolute Gasteiger partial charge is 0.356 e. The van der Waals surface area contributed by atoms with Crippen molar-refractivity contribution in [1.82, 2.24) is 5.32 Å². The van der Waals surface area contributed by atoms with E-state index in [0.717, 1.165) is 12.0 Å². The molecule has 3 heteroatoms. The Morgan fingerprint density at radius 2 is 2.31 bits per heavy atom. The van der Waals surface area contributed by atoms with Crippen LogP contribution in [0.1, 0.15) is 12.5 Å². The van der Waals surface area contributed by atoms with Gasteiger partial charge in [-0.05, 0) is 6.42 Å². The Bertz CT molecular complexity index is 248. The fourth-order valence-electron chi connectivity index (χ4n) is 0.959. The second kappa shape index (κ2) is 7.22. The first kappa shape index (κ1) is 12.8. The molecule has 0 aromatic heterocycles. The van der Waals surface area contributed by atoms with Crippen LogP contribution in [0, 0.1) is 6.07 Å². The summed E-state index contributed by atoms with van der Waals surface area (Å²) in [7, 11) is 0. The summed E-state index contributed by atoms with van der Waals surface area (Å²) < 4.78 is 0. The predicted molar refractivity (Wildman–Crippen MR) is 47.7 cm³/mol. The maximum atomic E-state index is 10.5. The molecule has 0 saturated heterocycles. The normalized spacial score (nSPS) is 8.69. The van der Waals surface area contributed by atoms with Gasteiger partial charge in [0.2, 0.25) is 5.91 Å². The van der Waals surface area contributed by atoms with Crippen LogP contribution in [0.3, 0.4) is 0 Å². The molecule has 0 aliphatic rings. The number of amides is 1. The van der Waals surface area contributed by atoms with E-state index >= 15 is 0 Å². The minimum Gasteiger partial charge on any atom is -0.356 e. The van der Waals surface area contributed by atoms with Gasteiger partial charge in [-0.25, -0.2) is 0 Å². The molecule has 1 N–H and O–H groups in total. The van der Waals surface area contributed by atoms with Gasteiger partial charge in [-0.3, -0.25) is 4.79 Å². The van der Waals surface area contributed by atoms with Crippen LogP contribution in [-0.4, -0.2) is 12.5 Å². The number of rotatable bonds is 3. The summed E-state index contributed by atoms with van der Waals surface area (Å²) in [5.74, 6) is 0.0194. The fraction of sp³-hybridized carbons (Fsp3) is 0.300. The van der Waals surface area contributed by atoms with Crippen molar-refractivity contribution in [3.8, 4) is 0 Å². The summed E-state index contributed by atoms with van der Waals surface area (Å²) >= 11 is 0.